The average molecular weight is 483 g/mol. The standard InChI is InChI=1S/C28H26N4O2S/c1-18(2)19-11-13-21(14-12-19)32-26(25(30-28(32)35)23-9-3-4-15-29-23)24-10-6-16-31(24)22-8-5-7-20(17-22)27(33)34/h3-18,25-26H,1-2H3,(H,30,35)(H,33,34)/t25-,26+/m0/s1. The van der Waals surface area contributed by atoms with E-state index in [1.165, 1.54) is 5.56 Å². The normalized spacial score (nSPS) is 17.6. The quantitative estimate of drug-likeness (QED) is 0.335. The molecule has 0 radical (unpaired) electrons. The number of benzene rings is 2. The first kappa shape index (κ1) is 22.8. The van der Waals surface area contributed by atoms with E-state index < -0.39 is 5.97 Å². The van der Waals surface area contributed by atoms with Crippen molar-refractivity contribution in [2.45, 2.75) is 31.8 Å². The van der Waals surface area contributed by atoms with Gasteiger partial charge in [-0.2, -0.15) is 0 Å². The molecule has 2 aromatic heterocycles. The monoisotopic (exact) mass is 482 g/mol. The molecule has 0 saturated carbocycles. The van der Waals surface area contributed by atoms with E-state index in [4.69, 9.17) is 12.2 Å². The van der Waals surface area contributed by atoms with Crippen molar-refractivity contribution in [1.82, 2.24) is 14.9 Å². The van der Waals surface area contributed by atoms with Crippen LogP contribution in [0.15, 0.2) is 91.3 Å². The number of rotatable bonds is 6. The van der Waals surface area contributed by atoms with Gasteiger partial charge in [0.25, 0.3) is 0 Å². The molecule has 7 heteroatoms. The van der Waals surface area contributed by atoms with Crippen LogP contribution in [0.4, 0.5) is 5.69 Å². The second-order valence-corrected chi connectivity index (χ2v) is 9.29. The minimum Gasteiger partial charge on any atom is -0.478 e. The van der Waals surface area contributed by atoms with Crippen LogP contribution in [0.5, 0.6) is 0 Å². The van der Waals surface area contributed by atoms with Crippen molar-refractivity contribution < 1.29 is 9.90 Å². The summed E-state index contributed by atoms with van der Waals surface area (Å²) in [5.41, 5.74) is 5.12. The maximum Gasteiger partial charge on any atom is 0.335 e. The van der Waals surface area contributed by atoms with E-state index in [-0.39, 0.29) is 17.6 Å². The fourth-order valence-corrected chi connectivity index (χ4v) is 4.96. The zero-order chi connectivity index (χ0) is 24.5. The fraction of sp³-hybridized carbons (Fsp3) is 0.179. The zero-order valence-corrected chi connectivity index (χ0v) is 20.3. The predicted molar refractivity (Wildman–Crippen MR) is 141 cm³/mol. The summed E-state index contributed by atoms with van der Waals surface area (Å²) < 4.78 is 2.03. The highest BCUT2D eigenvalue weighted by atomic mass is 32.1. The molecule has 0 aliphatic carbocycles. The molecule has 1 saturated heterocycles. The maximum atomic E-state index is 11.6. The minimum absolute atomic E-state index is 0.190. The Labute approximate surface area is 209 Å². The SMILES string of the molecule is CC(C)c1ccc(N2C(=S)N[C@@H](c3ccccn3)[C@H]2c2cccn2-c2cccc(C(=O)O)c2)cc1. The topological polar surface area (TPSA) is 70.4 Å². The van der Waals surface area contributed by atoms with Crippen LogP contribution >= 0.6 is 12.2 Å². The number of thiocarbonyl (C=S) groups is 1. The van der Waals surface area contributed by atoms with Gasteiger partial charge in [-0.25, -0.2) is 4.79 Å². The molecule has 2 aromatic carbocycles. The van der Waals surface area contributed by atoms with Crippen molar-refractivity contribution in [2.75, 3.05) is 4.90 Å². The van der Waals surface area contributed by atoms with Crippen molar-refractivity contribution in [3.63, 3.8) is 0 Å². The Hall–Kier alpha value is -3.97. The molecule has 0 amide bonds. The summed E-state index contributed by atoms with van der Waals surface area (Å²) >= 11 is 5.85. The van der Waals surface area contributed by atoms with Crippen LogP contribution in [0.1, 0.15) is 59.2 Å². The predicted octanol–water partition coefficient (Wildman–Crippen LogP) is 5.87. The van der Waals surface area contributed by atoms with E-state index in [9.17, 15) is 9.90 Å². The largest absolute Gasteiger partial charge is 0.478 e. The summed E-state index contributed by atoms with van der Waals surface area (Å²) in [4.78, 5) is 18.4. The van der Waals surface area contributed by atoms with E-state index in [0.29, 0.717) is 11.0 Å². The lowest BCUT2D eigenvalue weighted by Gasteiger charge is -2.29. The van der Waals surface area contributed by atoms with Crippen LogP contribution in [0.25, 0.3) is 5.69 Å². The third-order valence-corrected chi connectivity index (χ3v) is 6.71. The Bertz CT molecular complexity index is 1370. The van der Waals surface area contributed by atoms with Gasteiger partial charge in [-0.3, -0.25) is 4.98 Å². The fourth-order valence-electron chi connectivity index (χ4n) is 4.61. The van der Waals surface area contributed by atoms with Crippen molar-refractivity contribution in [1.29, 1.82) is 0 Å². The third-order valence-electron chi connectivity index (χ3n) is 6.39. The first-order chi connectivity index (χ1) is 16.9. The van der Waals surface area contributed by atoms with Gasteiger partial charge in [0.15, 0.2) is 5.11 Å². The van der Waals surface area contributed by atoms with E-state index >= 15 is 0 Å². The van der Waals surface area contributed by atoms with E-state index in [1.54, 1.807) is 24.4 Å². The number of carbonyl (C=O) groups is 1. The highest BCUT2D eigenvalue weighted by Crippen LogP contribution is 2.42. The first-order valence-electron chi connectivity index (χ1n) is 11.6. The first-order valence-corrected chi connectivity index (χ1v) is 12.0. The number of nitrogens with zero attached hydrogens (tertiary/aromatic N) is 3. The number of carboxylic acids is 1. The van der Waals surface area contributed by atoms with E-state index in [0.717, 1.165) is 22.8 Å². The van der Waals surface area contributed by atoms with Gasteiger partial charge in [0.1, 0.15) is 6.04 Å². The van der Waals surface area contributed by atoms with Crippen LogP contribution in [-0.4, -0.2) is 25.7 Å². The highest BCUT2D eigenvalue weighted by molar-refractivity contribution is 7.80. The van der Waals surface area contributed by atoms with Gasteiger partial charge in [-0.1, -0.05) is 38.1 Å². The summed E-state index contributed by atoms with van der Waals surface area (Å²) in [5, 5.41) is 13.6. The second-order valence-electron chi connectivity index (χ2n) is 8.90. The third kappa shape index (κ3) is 4.31. The molecule has 1 aliphatic heterocycles. The number of anilines is 1. The van der Waals surface area contributed by atoms with Gasteiger partial charge in [0.2, 0.25) is 0 Å². The Morgan fingerprint density at radius 3 is 2.49 bits per heavy atom. The molecule has 2 N–H and O–H groups in total. The molecule has 2 atom stereocenters. The van der Waals surface area contributed by atoms with Gasteiger partial charge >= 0.3 is 5.97 Å². The van der Waals surface area contributed by atoms with Crippen LogP contribution in [-0.2, 0) is 0 Å². The van der Waals surface area contributed by atoms with Gasteiger partial charge in [0, 0.05) is 29.5 Å². The van der Waals surface area contributed by atoms with Crippen molar-refractivity contribution in [2.24, 2.45) is 0 Å². The van der Waals surface area contributed by atoms with E-state index in [1.807, 2.05) is 41.1 Å². The van der Waals surface area contributed by atoms with Crippen LogP contribution in [0, 0.1) is 0 Å². The molecule has 5 rings (SSSR count). The van der Waals surface area contributed by atoms with Crippen LogP contribution in [0.2, 0.25) is 0 Å². The van der Waals surface area contributed by atoms with Crippen molar-refractivity contribution in [3.8, 4) is 5.69 Å². The molecule has 0 bridgehead atoms. The van der Waals surface area contributed by atoms with Gasteiger partial charge in [0.05, 0.1) is 17.3 Å². The van der Waals surface area contributed by atoms with Crippen molar-refractivity contribution in [3.05, 3.63) is 114 Å². The molecule has 3 heterocycles. The number of nitrogens with one attached hydrogen (secondary N) is 1. The van der Waals surface area contributed by atoms with Gasteiger partial charge < -0.3 is 19.9 Å². The molecule has 1 fully saturated rings. The van der Waals surface area contributed by atoms with Gasteiger partial charge in [-0.05, 0) is 78.3 Å². The minimum atomic E-state index is -0.956. The summed E-state index contributed by atoms with van der Waals surface area (Å²) in [5.74, 6) is -0.522. The summed E-state index contributed by atoms with van der Waals surface area (Å²) in [7, 11) is 0. The lowest BCUT2D eigenvalue weighted by atomic mass is 9.99. The summed E-state index contributed by atoms with van der Waals surface area (Å²) in [6.07, 6.45) is 3.74. The Morgan fingerprint density at radius 2 is 1.80 bits per heavy atom. The molecular weight excluding hydrogens is 456 g/mol. The van der Waals surface area contributed by atoms with Gasteiger partial charge in [-0.15, -0.1) is 0 Å². The molecule has 4 aromatic rings. The number of aromatic carboxylic acids is 1. The molecule has 0 spiro atoms. The number of hydrogen-bond acceptors (Lipinski definition) is 3. The lowest BCUT2D eigenvalue weighted by Crippen LogP contribution is -2.30. The zero-order valence-electron chi connectivity index (χ0n) is 19.5. The van der Waals surface area contributed by atoms with Crippen LogP contribution in [0.3, 0.4) is 0 Å². The lowest BCUT2D eigenvalue weighted by molar-refractivity contribution is 0.0697. The molecule has 6 nitrogen and oxygen atoms in total. The molecule has 1 aliphatic rings. The maximum absolute atomic E-state index is 11.6. The molecule has 176 valence electrons. The second kappa shape index (κ2) is 9.35. The molecule has 35 heavy (non-hydrogen) atoms. The average Bonchev–Trinajstić information content (AvgIpc) is 3.49. The number of carboxylic acid groups (broad SMARTS) is 1. The number of aromatic nitrogens is 2. The van der Waals surface area contributed by atoms with E-state index in [2.05, 4.69) is 59.4 Å². The Morgan fingerprint density at radius 1 is 1.00 bits per heavy atom. The van der Waals surface area contributed by atoms with Crippen LogP contribution < -0.4 is 10.2 Å². The highest BCUT2D eigenvalue weighted by Gasteiger charge is 2.42. The Balaban J connectivity index is 1.64. The molecular formula is C28H26N4O2S. The summed E-state index contributed by atoms with van der Waals surface area (Å²) in [6, 6.07) is 25.0. The number of hydrogen-bond donors (Lipinski definition) is 2. The number of pyridine rings is 1. The molecule has 0 unspecified atom stereocenters. The smallest absolute Gasteiger partial charge is 0.335 e. The summed E-state index contributed by atoms with van der Waals surface area (Å²) in [6.45, 7) is 4.35. The Kier molecular flexibility index (Phi) is 6.09. The van der Waals surface area contributed by atoms with Crippen molar-refractivity contribution >= 4 is 29.0 Å².